The number of ether oxygens (including phenoxy) is 1. The Morgan fingerprint density at radius 2 is 1.73 bits per heavy atom. The SMILES string of the molecule is CCCCC(C=O)(CC)CCS(=O)(=O)c1cc(OCC)ccc1Cc1ccccc1. The normalized spacial score (nSPS) is 13.6. The standard InChI is InChI=1S/C25H34O4S/c1-4-7-15-25(5-2,20-26)16-17-30(27,28)24-19-23(29-6-3)14-13-22(24)18-21-11-9-8-10-12-21/h8-14,19-20H,4-7,15-18H2,1-3H3. The Morgan fingerprint density at radius 3 is 2.33 bits per heavy atom. The molecule has 0 saturated carbocycles. The summed E-state index contributed by atoms with van der Waals surface area (Å²) < 4.78 is 32.3. The van der Waals surface area contributed by atoms with Crippen molar-refractivity contribution in [1.82, 2.24) is 0 Å². The second kappa shape index (κ2) is 11.3. The summed E-state index contributed by atoms with van der Waals surface area (Å²) >= 11 is 0. The Bertz CT molecular complexity index is 906. The molecule has 0 saturated heterocycles. The summed E-state index contributed by atoms with van der Waals surface area (Å²) in [7, 11) is -3.57. The maximum Gasteiger partial charge on any atom is 0.178 e. The van der Waals surface area contributed by atoms with Gasteiger partial charge in [-0.25, -0.2) is 8.42 Å². The lowest BCUT2D eigenvalue weighted by molar-refractivity contribution is -0.117. The molecule has 0 amide bonds. The fourth-order valence-electron chi connectivity index (χ4n) is 3.70. The van der Waals surface area contributed by atoms with Gasteiger partial charge in [-0.2, -0.15) is 0 Å². The molecule has 164 valence electrons. The molecule has 0 aliphatic rings. The van der Waals surface area contributed by atoms with Crippen molar-refractivity contribution in [3.05, 3.63) is 59.7 Å². The first kappa shape index (κ1) is 24.1. The Balaban J connectivity index is 2.35. The van der Waals surface area contributed by atoms with E-state index in [4.69, 9.17) is 4.74 Å². The molecule has 5 heteroatoms. The maximum absolute atomic E-state index is 13.4. The average molecular weight is 431 g/mol. The summed E-state index contributed by atoms with van der Waals surface area (Å²) in [6.07, 6.45) is 5.14. The molecule has 4 nitrogen and oxygen atoms in total. The number of aldehydes is 1. The van der Waals surface area contributed by atoms with Gasteiger partial charge in [-0.1, -0.05) is 63.1 Å². The van der Waals surface area contributed by atoms with E-state index in [9.17, 15) is 13.2 Å². The fourth-order valence-corrected chi connectivity index (χ4v) is 5.43. The number of hydrogen-bond acceptors (Lipinski definition) is 4. The highest BCUT2D eigenvalue weighted by molar-refractivity contribution is 7.91. The van der Waals surface area contributed by atoms with Gasteiger partial charge in [0.15, 0.2) is 9.84 Å². The van der Waals surface area contributed by atoms with Crippen molar-refractivity contribution >= 4 is 16.1 Å². The summed E-state index contributed by atoms with van der Waals surface area (Å²) in [6, 6.07) is 15.1. The topological polar surface area (TPSA) is 60.4 Å². The third kappa shape index (κ3) is 6.43. The molecule has 2 aromatic rings. The van der Waals surface area contributed by atoms with Crippen LogP contribution in [0.25, 0.3) is 0 Å². The Kier molecular flexibility index (Phi) is 9.09. The number of benzene rings is 2. The highest BCUT2D eigenvalue weighted by Crippen LogP contribution is 2.33. The number of carbonyl (C=O) groups is 1. The monoisotopic (exact) mass is 430 g/mol. The fraction of sp³-hybridized carbons (Fsp3) is 0.480. The lowest BCUT2D eigenvalue weighted by atomic mass is 9.79. The van der Waals surface area contributed by atoms with E-state index in [1.807, 2.05) is 56.3 Å². The van der Waals surface area contributed by atoms with Gasteiger partial charge in [-0.05, 0) is 55.9 Å². The molecule has 0 aliphatic heterocycles. The number of rotatable bonds is 13. The molecule has 2 rings (SSSR count). The molecule has 0 radical (unpaired) electrons. The summed E-state index contributed by atoms with van der Waals surface area (Å²) in [5.74, 6) is 0.511. The molecule has 0 heterocycles. The van der Waals surface area contributed by atoms with Gasteiger partial charge < -0.3 is 9.53 Å². The Hall–Kier alpha value is -2.14. The largest absolute Gasteiger partial charge is 0.494 e. The number of sulfone groups is 1. The molecule has 0 aliphatic carbocycles. The molecule has 1 atom stereocenters. The maximum atomic E-state index is 13.4. The van der Waals surface area contributed by atoms with Crippen LogP contribution in [0.5, 0.6) is 5.75 Å². The van der Waals surface area contributed by atoms with E-state index < -0.39 is 15.3 Å². The van der Waals surface area contributed by atoms with Gasteiger partial charge in [0.2, 0.25) is 0 Å². The third-order valence-electron chi connectivity index (χ3n) is 5.77. The van der Waals surface area contributed by atoms with Crippen molar-refractivity contribution in [3.63, 3.8) is 0 Å². The van der Waals surface area contributed by atoms with Crippen molar-refractivity contribution in [2.75, 3.05) is 12.4 Å². The van der Waals surface area contributed by atoms with E-state index >= 15 is 0 Å². The molecule has 0 spiro atoms. The van der Waals surface area contributed by atoms with Crippen LogP contribution in [0.1, 0.15) is 64.0 Å². The van der Waals surface area contributed by atoms with Gasteiger partial charge in [-0.15, -0.1) is 0 Å². The van der Waals surface area contributed by atoms with Gasteiger partial charge in [0, 0.05) is 5.41 Å². The average Bonchev–Trinajstić information content (AvgIpc) is 2.76. The van der Waals surface area contributed by atoms with Crippen molar-refractivity contribution in [1.29, 1.82) is 0 Å². The highest BCUT2D eigenvalue weighted by Gasteiger charge is 2.30. The van der Waals surface area contributed by atoms with Gasteiger partial charge in [0.1, 0.15) is 12.0 Å². The molecule has 0 aromatic heterocycles. The minimum absolute atomic E-state index is 0.0410. The Labute approximate surface area is 181 Å². The van der Waals surface area contributed by atoms with E-state index in [0.717, 1.165) is 36.7 Å². The molecule has 1 unspecified atom stereocenters. The van der Waals surface area contributed by atoms with E-state index in [1.54, 1.807) is 6.07 Å². The minimum Gasteiger partial charge on any atom is -0.494 e. The van der Waals surface area contributed by atoms with Gasteiger partial charge >= 0.3 is 0 Å². The predicted octanol–water partition coefficient (Wildman–Crippen LogP) is 5.63. The van der Waals surface area contributed by atoms with Crippen LogP contribution in [0, 0.1) is 5.41 Å². The zero-order valence-electron chi connectivity index (χ0n) is 18.4. The number of carbonyl (C=O) groups excluding carboxylic acids is 1. The van der Waals surface area contributed by atoms with Crippen LogP contribution in [0.2, 0.25) is 0 Å². The first-order chi connectivity index (χ1) is 14.4. The summed E-state index contributed by atoms with van der Waals surface area (Å²) in [5.41, 5.74) is 1.24. The molecule has 0 fully saturated rings. The van der Waals surface area contributed by atoms with Crippen molar-refractivity contribution in [2.45, 2.75) is 64.2 Å². The second-order valence-electron chi connectivity index (χ2n) is 7.87. The van der Waals surface area contributed by atoms with Gasteiger partial charge in [-0.3, -0.25) is 0 Å². The highest BCUT2D eigenvalue weighted by atomic mass is 32.2. The third-order valence-corrected chi connectivity index (χ3v) is 7.56. The van der Waals surface area contributed by atoms with Gasteiger partial charge in [0.25, 0.3) is 0 Å². The zero-order chi connectivity index (χ0) is 22.0. The van der Waals surface area contributed by atoms with Crippen LogP contribution in [0.15, 0.2) is 53.4 Å². The molecule has 0 N–H and O–H groups in total. The molecular formula is C25H34O4S. The van der Waals surface area contributed by atoms with E-state index in [1.165, 1.54) is 0 Å². The van der Waals surface area contributed by atoms with Crippen molar-refractivity contribution in [3.8, 4) is 5.75 Å². The van der Waals surface area contributed by atoms with E-state index in [2.05, 4.69) is 6.92 Å². The summed E-state index contributed by atoms with van der Waals surface area (Å²) in [4.78, 5) is 12.2. The summed E-state index contributed by atoms with van der Waals surface area (Å²) in [5, 5.41) is 0. The molecular weight excluding hydrogens is 396 g/mol. The summed E-state index contributed by atoms with van der Waals surface area (Å²) in [6.45, 7) is 6.39. The smallest absolute Gasteiger partial charge is 0.178 e. The van der Waals surface area contributed by atoms with Crippen LogP contribution in [-0.4, -0.2) is 27.1 Å². The molecule has 2 aromatic carbocycles. The first-order valence-electron chi connectivity index (χ1n) is 10.9. The van der Waals surface area contributed by atoms with Crippen LogP contribution in [0.3, 0.4) is 0 Å². The van der Waals surface area contributed by atoms with Crippen LogP contribution in [-0.2, 0) is 21.1 Å². The van der Waals surface area contributed by atoms with Crippen molar-refractivity contribution < 1.29 is 17.9 Å². The van der Waals surface area contributed by atoms with Crippen LogP contribution < -0.4 is 4.74 Å². The number of hydrogen-bond donors (Lipinski definition) is 0. The van der Waals surface area contributed by atoms with Crippen molar-refractivity contribution in [2.24, 2.45) is 5.41 Å². The van der Waals surface area contributed by atoms with E-state index in [0.29, 0.717) is 36.5 Å². The lowest BCUT2D eigenvalue weighted by Gasteiger charge is -2.26. The Morgan fingerprint density at radius 1 is 1.00 bits per heavy atom. The van der Waals surface area contributed by atoms with E-state index in [-0.39, 0.29) is 5.75 Å². The first-order valence-corrected chi connectivity index (χ1v) is 12.5. The quantitative estimate of drug-likeness (QED) is 0.387. The minimum atomic E-state index is -3.57. The molecule has 30 heavy (non-hydrogen) atoms. The molecule has 0 bridgehead atoms. The lowest BCUT2D eigenvalue weighted by Crippen LogP contribution is -2.26. The van der Waals surface area contributed by atoms with Crippen LogP contribution >= 0.6 is 0 Å². The number of unbranched alkanes of at least 4 members (excludes halogenated alkanes) is 1. The van der Waals surface area contributed by atoms with Gasteiger partial charge in [0.05, 0.1) is 17.3 Å². The predicted molar refractivity (Wildman–Crippen MR) is 122 cm³/mol. The van der Waals surface area contributed by atoms with Crippen LogP contribution in [0.4, 0.5) is 0 Å². The zero-order valence-corrected chi connectivity index (χ0v) is 19.2. The second-order valence-corrected chi connectivity index (χ2v) is 9.95.